The van der Waals surface area contributed by atoms with Crippen LogP contribution in [0.15, 0.2) is 29.1 Å². The fraction of sp³-hybridized carbons (Fsp3) is 0.481. The average molecular weight is 592 g/mol. The zero-order chi connectivity index (χ0) is 29.1. The Labute approximate surface area is 238 Å². The molecule has 0 spiro atoms. The van der Waals surface area contributed by atoms with Crippen LogP contribution in [-0.2, 0) is 15.7 Å². The lowest BCUT2D eigenvalue weighted by atomic mass is 10.0. The van der Waals surface area contributed by atoms with Gasteiger partial charge in [-0.25, -0.2) is 0 Å². The molecule has 2 unspecified atom stereocenters. The molecule has 3 atom stereocenters. The van der Waals surface area contributed by atoms with Crippen LogP contribution in [0.5, 0.6) is 0 Å². The summed E-state index contributed by atoms with van der Waals surface area (Å²) in [6, 6.07) is 2.15. The molecule has 1 amide bonds. The summed E-state index contributed by atoms with van der Waals surface area (Å²) in [6.45, 7) is 6.82. The minimum atomic E-state index is -4.56. The van der Waals surface area contributed by atoms with Crippen molar-refractivity contribution in [2.45, 2.75) is 50.9 Å². The maximum atomic E-state index is 14.0. The minimum absolute atomic E-state index is 0.0634. The first-order valence-electron chi connectivity index (χ1n) is 13.5. The number of alkyl halides is 3. The number of aromatic nitrogens is 4. The van der Waals surface area contributed by atoms with Crippen molar-refractivity contribution < 1.29 is 22.7 Å². The van der Waals surface area contributed by atoms with Crippen molar-refractivity contribution in [2.24, 2.45) is 0 Å². The highest BCUT2D eigenvalue weighted by Gasteiger charge is 2.40. The molecule has 3 aliphatic rings. The number of carbonyl (C=O) groups excluding carboxylic acids is 1. The summed E-state index contributed by atoms with van der Waals surface area (Å²) in [4.78, 5) is 34.5. The summed E-state index contributed by atoms with van der Waals surface area (Å²) in [7, 11) is 0. The van der Waals surface area contributed by atoms with Crippen molar-refractivity contribution in [3.8, 4) is 0 Å². The van der Waals surface area contributed by atoms with Crippen LogP contribution < -0.4 is 21.1 Å². The normalized spacial score (nSPS) is 23.0. The highest BCUT2D eigenvalue weighted by molar-refractivity contribution is 6.33. The molecule has 3 aliphatic heterocycles. The van der Waals surface area contributed by atoms with E-state index in [1.165, 1.54) is 4.52 Å². The van der Waals surface area contributed by atoms with Crippen LogP contribution in [-0.4, -0.2) is 64.0 Å². The summed E-state index contributed by atoms with van der Waals surface area (Å²) in [5.74, 6) is -0.0239. The molecule has 218 valence electrons. The Kier molecular flexibility index (Phi) is 7.07. The number of anilines is 2. The Hall–Kier alpha value is -3.42. The molecule has 0 bridgehead atoms. The number of nitrogens with zero attached hydrogens (tertiary/aromatic N) is 5. The number of hydrogen-bond donors (Lipinski definition) is 2. The van der Waals surface area contributed by atoms with Crippen LogP contribution in [0.3, 0.4) is 0 Å². The smallest absolute Gasteiger partial charge is 0.377 e. The molecule has 3 aromatic rings. The van der Waals surface area contributed by atoms with E-state index in [2.05, 4.69) is 15.7 Å². The predicted molar refractivity (Wildman–Crippen MR) is 147 cm³/mol. The number of hydrogen-bond acceptors (Lipinski definition) is 7. The minimum Gasteiger partial charge on any atom is -0.377 e. The molecule has 1 fully saturated rings. The second kappa shape index (κ2) is 10.4. The average Bonchev–Trinajstić information content (AvgIpc) is 3.52. The fourth-order valence-electron chi connectivity index (χ4n) is 5.89. The molecule has 5 heterocycles. The van der Waals surface area contributed by atoms with Crippen LogP contribution in [0.25, 0.3) is 11.4 Å². The standard InChI is InChI=1S/C27H29ClF3N7O3/c1-14-11-20(24(39)33-19-4-3-17(12-18(19)28)27(29,30)31)37-21(14)22(36-8-7-32-15(2)13-36)25(40)38-26(37)34-23(35-38)16-5-9-41-10-6-16/h3-5,12,14-15,20,32H,6-11,13H2,1-2H3,(H,33,39)/t14?,15-,20?/m1/s1. The first kappa shape index (κ1) is 27.7. The highest BCUT2D eigenvalue weighted by atomic mass is 35.5. The van der Waals surface area contributed by atoms with E-state index in [0.717, 1.165) is 23.8 Å². The van der Waals surface area contributed by atoms with Gasteiger partial charge in [0.2, 0.25) is 11.7 Å². The van der Waals surface area contributed by atoms with Crippen LogP contribution in [0.4, 0.5) is 24.5 Å². The van der Waals surface area contributed by atoms with Crippen molar-refractivity contribution in [3.63, 3.8) is 0 Å². The van der Waals surface area contributed by atoms with Gasteiger partial charge in [0.15, 0.2) is 5.82 Å². The van der Waals surface area contributed by atoms with Gasteiger partial charge in [-0.05, 0) is 43.5 Å². The Balaban J connectivity index is 1.46. The number of fused-ring (bicyclic) bond motifs is 3. The maximum absolute atomic E-state index is 14.0. The van der Waals surface area contributed by atoms with Gasteiger partial charge in [0.05, 0.1) is 35.2 Å². The molecule has 0 radical (unpaired) electrons. The third-order valence-electron chi connectivity index (χ3n) is 7.85. The maximum Gasteiger partial charge on any atom is 0.416 e. The molecule has 1 aromatic carbocycles. The van der Waals surface area contributed by atoms with E-state index in [0.29, 0.717) is 62.9 Å². The van der Waals surface area contributed by atoms with Crippen molar-refractivity contribution in [1.82, 2.24) is 24.5 Å². The topological polar surface area (TPSA) is 106 Å². The molecule has 6 rings (SSSR count). The van der Waals surface area contributed by atoms with Crippen molar-refractivity contribution in [2.75, 3.05) is 43.1 Å². The van der Waals surface area contributed by atoms with Gasteiger partial charge < -0.3 is 20.3 Å². The number of carbonyl (C=O) groups is 1. The largest absolute Gasteiger partial charge is 0.416 e. The number of piperazine rings is 1. The van der Waals surface area contributed by atoms with Crippen LogP contribution in [0.1, 0.15) is 55.7 Å². The fourth-order valence-corrected chi connectivity index (χ4v) is 6.12. The predicted octanol–water partition coefficient (Wildman–Crippen LogP) is 3.85. The lowest BCUT2D eigenvalue weighted by molar-refractivity contribution is -0.137. The third kappa shape index (κ3) is 4.99. The molecule has 41 heavy (non-hydrogen) atoms. The highest BCUT2D eigenvalue weighted by Crippen LogP contribution is 2.42. The van der Waals surface area contributed by atoms with Crippen LogP contribution in [0, 0.1) is 0 Å². The molecular weight excluding hydrogens is 563 g/mol. The van der Waals surface area contributed by atoms with Crippen LogP contribution >= 0.6 is 11.6 Å². The summed E-state index contributed by atoms with van der Waals surface area (Å²) in [6.07, 6.45) is -1.73. The number of benzene rings is 1. The van der Waals surface area contributed by atoms with E-state index >= 15 is 0 Å². The van der Waals surface area contributed by atoms with Crippen LogP contribution in [0.2, 0.25) is 5.02 Å². The van der Waals surface area contributed by atoms with Crippen molar-refractivity contribution in [1.29, 1.82) is 0 Å². The Morgan fingerprint density at radius 3 is 2.76 bits per heavy atom. The molecular formula is C27H29ClF3N7O3. The van der Waals surface area contributed by atoms with Crippen molar-refractivity contribution >= 4 is 40.2 Å². The molecule has 10 nitrogen and oxygen atoms in total. The summed E-state index contributed by atoms with van der Waals surface area (Å²) >= 11 is 6.14. The number of ether oxygens (including phenoxy) is 1. The Morgan fingerprint density at radius 2 is 2.07 bits per heavy atom. The second-order valence-electron chi connectivity index (χ2n) is 10.7. The lowest BCUT2D eigenvalue weighted by Gasteiger charge is -2.34. The molecule has 1 saturated heterocycles. The van der Waals surface area contributed by atoms with E-state index in [9.17, 15) is 22.8 Å². The van der Waals surface area contributed by atoms with E-state index in [1.807, 2.05) is 24.8 Å². The summed E-state index contributed by atoms with van der Waals surface area (Å²) in [5.41, 5.74) is 0.884. The van der Waals surface area contributed by atoms with Gasteiger partial charge in [-0.3, -0.25) is 14.2 Å². The first-order valence-corrected chi connectivity index (χ1v) is 13.9. The van der Waals surface area contributed by atoms with Gasteiger partial charge in [0.1, 0.15) is 11.7 Å². The first-order chi connectivity index (χ1) is 19.5. The van der Waals surface area contributed by atoms with Gasteiger partial charge in [-0.15, -0.1) is 5.10 Å². The molecule has 2 aromatic heterocycles. The van der Waals surface area contributed by atoms with Gasteiger partial charge in [0, 0.05) is 31.6 Å². The zero-order valence-corrected chi connectivity index (χ0v) is 23.2. The van der Waals surface area contributed by atoms with E-state index in [1.54, 1.807) is 4.57 Å². The molecule has 14 heteroatoms. The number of halogens is 4. The van der Waals surface area contributed by atoms with Gasteiger partial charge in [0.25, 0.3) is 5.56 Å². The van der Waals surface area contributed by atoms with E-state index < -0.39 is 23.7 Å². The lowest BCUT2D eigenvalue weighted by Crippen LogP contribution is -2.51. The molecule has 2 N–H and O–H groups in total. The SMILES string of the molecule is CC1CC(C(=O)Nc2ccc(C(F)(F)F)cc2Cl)n2c1c(N1CCN[C@H](C)C1)c(=O)n1nc(C3=CCOCC3)nc21. The molecule has 0 saturated carbocycles. The summed E-state index contributed by atoms with van der Waals surface area (Å²) < 4.78 is 47.9. The summed E-state index contributed by atoms with van der Waals surface area (Å²) in [5, 5.41) is 10.4. The van der Waals surface area contributed by atoms with Crippen molar-refractivity contribution in [3.05, 3.63) is 56.7 Å². The van der Waals surface area contributed by atoms with E-state index in [4.69, 9.17) is 21.3 Å². The Bertz CT molecular complexity index is 1620. The second-order valence-corrected chi connectivity index (χ2v) is 11.2. The Morgan fingerprint density at radius 1 is 1.27 bits per heavy atom. The monoisotopic (exact) mass is 591 g/mol. The number of rotatable bonds is 4. The van der Waals surface area contributed by atoms with Gasteiger partial charge >= 0.3 is 6.18 Å². The van der Waals surface area contributed by atoms with E-state index in [-0.39, 0.29) is 34.0 Å². The van der Waals surface area contributed by atoms with Gasteiger partial charge in [-0.2, -0.15) is 22.7 Å². The zero-order valence-electron chi connectivity index (χ0n) is 22.5. The molecule has 0 aliphatic carbocycles. The number of nitrogens with one attached hydrogen (secondary N) is 2. The number of amides is 1. The quantitative estimate of drug-likeness (QED) is 0.475. The third-order valence-corrected chi connectivity index (χ3v) is 8.16. The van der Waals surface area contributed by atoms with Gasteiger partial charge in [-0.1, -0.05) is 24.6 Å².